The van der Waals surface area contributed by atoms with Gasteiger partial charge >= 0.3 is 0 Å². The van der Waals surface area contributed by atoms with Crippen molar-refractivity contribution in [1.29, 1.82) is 0 Å². The molecule has 1 aromatic rings. The zero-order chi connectivity index (χ0) is 17.1. The smallest absolute Gasteiger partial charge is 0.226 e. The fourth-order valence-electron chi connectivity index (χ4n) is 3.61. The lowest BCUT2D eigenvalue weighted by molar-refractivity contribution is -0.141. The Morgan fingerprint density at radius 1 is 1.08 bits per heavy atom. The number of rotatable bonds is 2. The zero-order valence-corrected chi connectivity index (χ0v) is 15.3. The first-order chi connectivity index (χ1) is 11.6. The second-order valence-electron chi connectivity index (χ2n) is 6.81. The van der Waals surface area contributed by atoms with Gasteiger partial charge in [0.25, 0.3) is 0 Å². The van der Waals surface area contributed by atoms with Crippen LogP contribution >= 0.6 is 11.8 Å². The van der Waals surface area contributed by atoms with Gasteiger partial charge in [-0.3, -0.25) is 9.59 Å². The lowest BCUT2D eigenvalue weighted by Gasteiger charge is -2.40. The van der Waals surface area contributed by atoms with Crippen LogP contribution in [0.1, 0.15) is 36.9 Å². The Bertz CT molecular complexity index is 594. The predicted octanol–water partition coefficient (Wildman–Crippen LogP) is 2.87. The van der Waals surface area contributed by atoms with Gasteiger partial charge < -0.3 is 9.80 Å². The van der Waals surface area contributed by atoms with Crippen molar-refractivity contribution in [2.75, 3.05) is 31.1 Å². The highest BCUT2D eigenvalue weighted by Crippen LogP contribution is 2.32. The molecule has 0 saturated carbocycles. The lowest BCUT2D eigenvalue weighted by Crippen LogP contribution is -2.47. The normalized spacial score (nSPS) is 22.5. The third-order valence-electron chi connectivity index (χ3n) is 5.16. The number of benzene rings is 1. The fraction of sp³-hybridized carbons (Fsp3) is 0.579. The van der Waals surface area contributed by atoms with Crippen LogP contribution in [-0.4, -0.2) is 52.8 Å². The van der Waals surface area contributed by atoms with Crippen LogP contribution in [0.25, 0.3) is 0 Å². The van der Waals surface area contributed by atoms with Gasteiger partial charge in [0.15, 0.2) is 0 Å². The SMILES string of the molecule is CC(=O)N1CCC(C(=O)N2CCSCC2c2ccc(C)cc2)CC1. The van der Waals surface area contributed by atoms with Crippen LogP contribution in [0.2, 0.25) is 0 Å². The Labute approximate surface area is 148 Å². The zero-order valence-electron chi connectivity index (χ0n) is 14.5. The summed E-state index contributed by atoms with van der Waals surface area (Å²) in [7, 11) is 0. The number of hydrogen-bond acceptors (Lipinski definition) is 3. The molecule has 2 fully saturated rings. The van der Waals surface area contributed by atoms with Crippen LogP contribution in [0.15, 0.2) is 24.3 Å². The molecule has 5 heteroatoms. The molecule has 2 aliphatic rings. The molecule has 0 aliphatic carbocycles. The summed E-state index contributed by atoms with van der Waals surface area (Å²) in [6.07, 6.45) is 1.59. The highest BCUT2D eigenvalue weighted by atomic mass is 32.2. The molecule has 2 amide bonds. The van der Waals surface area contributed by atoms with Gasteiger partial charge in [0, 0.05) is 44.0 Å². The Morgan fingerprint density at radius 2 is 1.75 bits per heavy atom. The van der Waals surface area contributed by atoms with Crippen molar-refractivity contribution in [3.05, 3.63) is 35.4 Å². The molecule has 0 N–H and O–H groups in total. The summed E-state index contributed by atoms with van der Waals surface area (Å²) in [4.78, 5) is 28.5. The molecule has 0 spiro atoms. The van der Waals surface area contributed by atoms with E-state index in [1.807, 2.05) is 16.7 Å². The maximum atomic E-state index is 13.1. The Balaban J connectivity index is 1.70. The standard InChI is InChI=1S/C19H26N2O2S/c1-14-3-5-16(6-4-14)18-13-24-12-11-21(18)19(23)17-7-9-20(10-8-17)15(2)22/h3-6,17-18H,7-13H2,1-2H3. The average molecular weight is 346 g/mol. The highest BCUT2D eigenvalue weighted by Gasteiger charge is 2.34. The first-order valence-electron chi connectivity index (χ1n) is 8.76. The maximum Gasteiger partial charge on any atom is 0.226 e. The molecule has 1 unspecified atom stereocenters. The molecule has 0 radical (unpaired) electrons. The van der Waals surface area contributed by atoms with Crippen LogP contribution < -0.4 is 0 Å². The lowest BCUT2D eigenvalue weighted by atomic mass is 9.93. The van der Waals surface area contributed by atoms with Crippen molar-refractivity contribution in [2.24, 2.45) is 5.92 Å². The molecule has 3 rings (SSSR count). The summed E-state index contributed by atoms with van der Waals surface area (Å²) in [5.41, 5.74) is 2.49. The Kier molecular flexibility index (Phi) is 5.49. The maximum absolute atomic E-state index is 13.1. The fourth-order valence-corrected chi connectivity index (χ4v) is 4.70. The molecule has 2 aliphatic heterocycles. The summed E-state index contributed by atoms with van der Waals surface area (Å²) in [5, 5.41) is 0. The van der Waals surface area contributed by atoms with Crippen LogP contribution in [0.5, 0.6) is 0 Å². The topological polar surface area (TPSA) is 40.6 Å². The third-order valence-corrected chi connectivity index (χ3v) is 6.19. The number of carbonyl (C=O) groups excluding carboxylic acids is 2. The van der Waals surface area contributed by atoms with E-state index in [1.165, 1.54) is 11.1 Å². The number of hydrogen-bond donors (Lipinski definition) is 0. The summed E-state index contributed by atoms with van der Waals surface area (Å²) in [6, 6.07) is 8.75. The number of aryl methyl sites for hydroxylation is 1. The van der Waals surface area contributed by atoms with E-state index >= 15 is 0 Å². The van der Waals surface area contributed by atoms with E-state index in [0.29, 0.717) is 13.1 Å². The monoisotopic (exact) mass is 346 g/mol. The molecule has 24 heavy (non-hydrogen) atoms. The number of piperidine rings is 1. The number of carbonyl (C=O) groups is 2. The second-order valence-corrected chi connectivity index (χ2v) is 7.96. The van der Waals surface area contributed by atoms with Crippen molar-refractivity contribution < 1.29 is 9.59 Å². The first kappa shape index (κ1) is 17.3. The van der Waals surface area contributed by atoms with Crippen LogP contribution in [0.4, 0.5) is 0 Å². The van der Waals surface area contributed by atoms with Gasteiger partial charge in [-0.05, 0) is 25.3 Å². The summed E-state index contributed by atoms with van der Waals surface area (Å²) in [5.74, 6) is 2.45. The van der Waals surface area contributed by atoms with E-state index in [1.54, 1.807) is 6.92 Å². The number of thioether (sulfide) groups is 1. The molecule has 0 aromatic heterocycles. The molecule has 1 aromatic carbocycles. The quantitative estimate of drug-likeness (QED) is 0.827. The van der Waals surface area contributed by atoms with Gasteiger partial charge in [-0.25, -0.2) is 0 Å². The highest BCUT2D eigenvalue weighted by molar-refractivity contribution is 7.99. The van der Waals surface area contributed by atoms with Gasteiger partial charge in [0.2, 0.25) is 11.8 Å². The number of amides is 2. The summed E-state index contributed by atoms with van der Waals surface area (Å²) in [6.45, 7) is 5.95. The van der Waals surface area contributed by atoms with E-state index in [-0.39, 0.29) is 23.8 Å². The van der Waals surface area contributed by atoms with E-state index in [0.717, 1.165) is 30.9 Å². The predicted molar refractivity (Wildman–Crippen MR) is 97.9 cm³/mol. The Morgan fingerprint density at radius 3 is 2.38 bits per heavy atom. The molecular weight excluding hydrogens is 320 g/mol. The molecule has 2 saturated heterocycles. The van der Waals surface area contributed by atoms with Gasteiger partial charge in [0.1, 0.15) is 0 Å². The van der Waals surface area contributed by atoms with Crippen molar-refractivity contribution in [3.8, 4) is 0 Å². The molecule has 1 atom stereocenters. The van der Waals surface area contributed by atoms with Crippen molar-refractivity contribution in [1.82, 2.24) is 9.80 Å². The average Bonchev–Trinajstić information content (AvgIpc) is 2.62. The number of likely N-dealkylation sites (tertiary alicyclic amines) is 1. The van der Waals surface area contributed by atoms with E-state index in [9.17, 15) is 9.59 Å². The van der Waals surface area contributed by atoms with Crippen LogP contribution in [0, 0.1) is 12.8 Å². The van der Waals surface area contributed by atoms with Crippen molar-refractivity contribution >= 4 is 23.6 Å². The van der Waals surface area contributed by atoms with E-state index < -0.39 is 0 Å². The van der Waals surface area contributed by atoms with Crippen molar-refractivity contribution in [3.63, 3.8) is 0 Å². The Hall–Kier alpha value is -1.49. The summed E-state index contributed by atoms with van der Waals surface area (Å²) < 4.78 is 0. The van der Waals surface area contributed by atoms with Gasteiger partial charge in [0.05, 0.1) is 6.04 Å². The van der Waals surface area contributed by atoms with Gasteiger partial charge in [-0.2, -0.15) is 11.8 Å². The van der Waals surface area contributed by atoms with Gasteiger partial charge in [-0.15, -0.1) is 0 Å². The second kappa shape index (κ2) is 7.60. The minimum atomic E-state index is 0.0663. The summed E-state index contributed by atoms with van der Waals surface area (Å²) >= 11 is 1.93. The van der Waals surface area contributed by atoms with Crippen LogP contribution in [0.3, 0.4) is 0 Å². The number of nitrogens with zero attached hydrogens (tertiary/aromatic N) is 2. The van der Waals surface area contributed by atoms with E-state index in [4.69, 9.17) is 0 Å². The van der Waals surface area contributed by atoms with Crippen molar-refractivity contribution in [2.45, 2.75) is 32.7 Å². The molecule has 0 bridgehead atoms. The molecule has 130 valence electrons. The minimum absolute atomic E-state index is 0.0663. The molecular formula is C19H26N2O2S. The largest absolute Gasteiger partial charge is 0.343 e. The first-order valence-corrected chi connectivity index (χ1v) is 9.92. The molecule has 4 nitrogen and oxygen atoms in total. The minimum Gasteiger partial charge on any atom is -0.343 e. The third kappa shape index (κ3) is 3.77. The van der Waals surface area contributed by atoms with Gasteiger partial charge in [-0.1, -0.05) is 29.8 Å². The van der Waals surface area contributed by atoms with E-state index in [2.05, 4.69) is 36.1 Å². The van der Waals surface area contributed by atoms with Crippen LogP contribution in [-0.2, 0) is 9.59 Å². The molecule has 2 heterocycles.